The smallest absolute Gasteiger partial charge is 0.183 e. The highest BCUT2D eigenvalue weighted by atomic mass is 79.9. The number of aromatic amines is 1. The van der Waals surface area contributed by atoms with E-state index in [9.17, 15) is 0 Å². The summed E-state index contributed by atoms with van der Waals surface area (Å²) in [6.07, 6.45) is 1.38. The van der Waals surface area contributed by atoms with Crippen molar-refractivity contribution in [2.45, 2.75) is 0 Å². The summed E-state index contributed by atoms with van der Waals surface area (Å²) in [4.78, 5) is 14.6. The molecule has 0 saturated carbocycles. The van der Waals surface area contributed by atoms with Crippen LogP contribution in [0, 0.1) is 0 Å². The van der Waals surface area contributed by atoms with Crippen LogP contribution < -0.4 is 5.73 Å². The van der Waals surface area contributed by atoms with Crippen LogP contribution in [0.25, 0.3) is 11.2 Å². The largest absolute Gasteiger partial charge is 0.382 e. The van der Waals surface area contributed by atoms with E-state index in [1.807, 2.05) is 0 Å². The second-order valence-electron chi connectivity index (χ2n) is 1.99. The predicted octanol–water partition coefficient (Wildman–Crippen LogP) is 1.12. The summed E-state index contributed by atoms with van der Waals surface area (Å²) in [5.74, 6) is 0.410. The molecule has 0 unspecified atom stereocenters. The number of anilines is 1. The average molecular weight is 250 g/mol. The SMILES string of the molecule is Cl.Nc1ncnc2nc(Br)[nH]c12. The molecule has 0 bridgehead atoms. The summed E-state index contributed by atoms with van der Waals surface area (Å²) in [6.45, 7) is 0. The Labute approximate surface area is 82.3 Å². The summed E-state index contributed by atoms with van der Waals surface area (Å²) in [5, 5.41) is 0. The Hall–Kier alpha value is -0.880. The molecule has 0 spiro atoms. The van der Waals surface area contributed by atoms with E-state index >= 15 is 0 Å². The second-order valence-corrected chi connectivity index (χ2v) is 2.74. The van der Waals surface area contributed by atoms with Gasteiger partial charge in [0, 0.05) is 0 Å². The highest BCUT2D eigenvalue weighted by molar-refractivity contribution is 9.10. The molecule has 64 valence electrons. The lowest BCUT2D eigenvalue weighted by molar-refractivity contribution is 1.20. The van der Waals surface area contributed by atoms with Crippen LogP contribution in [0.15, 0.2) is 11.1 Å². The first-order valence-corrected chi connectivity index (χ1v) is 3.68. The van der Waals surface area contributed by atoms with E-state index < -0.39 is 0 Å². The van der Waals surface area contributed by atoms with Crippen molar-refractivity contribution in [1.29, 1.82) is 0 Å². The van der Waals surface area contributed by atoms with E-state index in [1.165, 1.54) is 6.33 Å². The molecule has 0 radical (unpaired) electrons. The number of nitrogens with one attached hydrogen (secondary N) is 1. The van der Waals surface area contributed by atoms with Gasteiger partial charge in [-0.2, -0.15) is 0 Å². The molecule has 2 rings (SSSR count). The number of fused-ring (bicyclic) bond motifs is 1. The molecule has 0 aliphatic carbocycles. The molecule has 2 aromatic heterocycles. The third-order valence-corrected chi connectivity index (χ3v) is 1.66. The number of H-pyrrole nitrogens is 1. The van der Waals surface area contributed by atoms with Crippen molar-refractivity contribution in [2.75, 3.05) is 5.73 Å². The minimum absolute atomic E-state index is 0. The van der Waals surface area contributed by atoms with Crippen molar-refractivity contribution in [1.82, 2.24) is 19.9 Å². The quantitative estimate of drug-likeness (QED) is 0.687. The zero-order valence-corrected chi connectivity index (χ0v) is 8.19. The molecular formula is C5H5BrClN5. The van der Waals surface area contributed by atoms with Gasteiger partial charge in [0.05, 0.1) is 0 Å². The second kappa shape index (κ2) is 3.24. The van der Waals surface area contributed by atoms with E-state index in [4.69, 9.17) is 5.73 Å². The molecule has 0 fully saturated rings. The highest BCUT2D eigenvalue weighted by Crippen LogP contribution is 2.15. The molecule has 0 saturated heterocycles. The van der Waals surface area contributed by atoms with Crippen LogP contribution in [0.4, 0.5) is 5.82 Å². The van der Waals surface area contributed by atoms with Crippen LogP contribution >= 0.6 is 28.3 Å². The molecule has 7 heteroatoms. The summed E-state index contributed by atoms with van der Waals surface area (Å²) in [6, 6.07) is 0. The number of halogens is 2. The van der Waals surface area contributed by atoms with Crippen molar-refractivity contribution in [3.63, 3.8) is 0 Å². The Morgan fingerprint density at radius 3 is 2.83 bits per heavy atom. The fraction of sp³-hybridized carbons (Fsp3) is 0. The summed E-state index contributed by atoms with van der Waals surface area (Å²) in [5.41, 5.74) is 6.77. The van der Waals surface area contributed by atoms with Gasteiger partial charge in [0.2, 0.25) is 0 Å². The van der Waals surface area contributed by atoms with Crippen LogP contribution in [0.1, 0.15) is 0 Å². The number of hydrogen-bond donors (Lipinski definition) is 2. The molecule has 3 N–H and O–H groups in total. The maximum atomic E-state index is 5.53. The van der Waals surface area contributed by atoms with Crippen molar-refractivity contribution in [2.24, 2.45) is 0 Å². The van der Waals surface area contributed by atoms with Gasteiger partial charge in [-0.1, -0.05) is 0 Å². The third kappa shape index (κ3) is 1.35. The zero-order valence-electron chi connectivity index (χ0n) is 5.78. The van der Waals surface area contributed by atoms with Crippen molar-refractivity contribution in [3.8, 4) is 0 Å². The average Bonchev–Trinajstić information content (AvgIpc) is 2.31. The molecule has 12 heavy (non-hydrogen) atoms. The van der Waals surface area contributed by atoms with Crippen molar-refractivity contribution >= 4 is 45.3 Å². The number of rotatable bonds is 0. The highest BCUT2D eigenvalue weighted by Gasteiger charge is 2.03. The van der Waals surface area contributed by atoms with Crippen LogP contribution in [0.3, 0.4) is 0 Å². The Balaban J connectivity index is 0.000000720. The number of aromatic nitrogens is 4. The van der Waals surface area contributed by atoms with Crippen LogP contribution in [-0.4, -0.2) is 19.9 Å². The molecule has 0 atom stereocenters. The number of imidazole rings is 1. The molecular weight excluding hydrogens is 245 g/mol. The summed E-state index contributed by atoms with van der Waals surface area (Å²) >= 11 is 3.17. The standard InChI is InChI=1S/C5H4BrN5.ClH/c6-5-10-2-3(7)8-1-9-4(2)11-5;/h1H,(H3,7,8,9,10,11);1H. The maximum Gasteiger partial charge on any atom is 0.183 e. The number of hydrogen-bond acceptors (Lipinski definition) is 4. The Bertz CT molecular complexity index is 400. The number of nitrogen functional groups attached to an aromatic ring is 1. The molecule has 0 aliphatic heterocycles. The normalized spacial score (nSPS) is 9.75. The molecule has 5 nitrogen and oxygen atoms in total. The van der Waals surface area contributed by atoms with Crippen LogP contribution in [-0.2, 0) is 0 Å². The number of nitrogens with two attached hydrogens (primary N) is 1. The van der Waals surface area contributed by atoms with Gasteiger partial charge < -0.3 is 10.7 Å². The fourth-order valence-corrected chi connectivity index (χ4v) is 1.18. The molecule has 2 heterocycles. The topological polar surface area (TPSA) is 80.5 Å². The molecule has 0 aliphatic rings. The van der Waals surface area contributed by atoms with E-state index in [2.05, 4.69) is 35.9 Å². The van der Waals surface area contributed by atoms with Crippen molar-refractivity contribution < 1.29 is 0 Å². The van der Waals surface area contributed by atoms with E-state index in [-0.39, 0.29) is 12.4 Å². The first-order valence-electron chi connectivity index (χ1n) is 2.89. The van der Waals surface area contributed by atoms with Crippen LogP contribution in [0.5, 0.6) is 0 Å². The van der Waals surface area contributed by atoms with Gasteiger partial charge in [-0.3, -0.25) is 0 Å². The van der Waals surface area contributed by atoms with E-state index in [0.717, 1.165) is 0 Å². The minimum Gasteiger partial charge on any atom is -0.382 e. The van der Waals surface area contributed by atoms with Gasteiger partial charge in [0.15, 0.2) is 16.2 Å². The lowest BCUT2D eigenvalue weighted by Crippen LogP contribution is -1.91. The lowest BCUT2D eigenvalue weighted by atomic mass is 10.5. The summed E-state index contributed by atoms with van der Waals surface area (Å²) < 4.78 is 0.611. The van der Waals surface area contributed by atoms with Crippen LogP contribution in [0.2, 0.25) is 0 Å². The first-order chi connectivity index (χ1) is 5.27. The molecule has 0 aromatic carbocycles. The van der Waals surface area contributed by atoms with Gasteiger partial charge in [-0.05, 0) is 15.9 Å². The molecule has 2 aromatic rings. The monoisotopic (exact) mass is 249 g/mol. The zero-order chi connectivity index (χ0) is 7.84. The Morgan fingerprint density at radius 1 is 1.42 bits per heavy atom. The van der Waals surface area contributed by atoms with Gasteiger partial charge in [0.25, 0.3) is 0 Å². The molecule has 0 amide bonds. The van der Waals surface area contributed by atoms with E-state index in [1.54, 1.807) is 0 Å². The van der Waals surface area contributed by atoms with Gasteiger partial charge in [-0.25, -0.2) is 15.0 Å². The predicted molar refractivity (Wildman–Crippen MR) is 51.0 cm³/mol. The van der Waals surface area contributed by atoms with Gasteiger partial charge >= 0.3 is 0 Å². The minimum atomic E-state index is 0. The summed E-state index contributed by atoms with van der Waals surface area (Å²) in [7, 11) is 0. The first kappa shape index (κ1) is 9.21. The fourth-order valence-electron chi connectivity index (χ4n) is 0.818. The van der Waals surface area contributed by atoms with E-state index in [0.29, 0.717) is 21.7 Å². The Kier molecular flexibility index (Phi) is 2.49. The maximum absolute atomic E-state index is 5.53. The van der Waals surface area contributed by atoms with Gasteiger partial charge in [-0.15, -0.1) is 12.4 Å². The van der Waals surface area contributed by atoms with Gasteiger partial charge in [0.1, 0.15) is 11.8 Å². The lowest BCUT2D eigenvalue weighted by Gasteiger charge is -1.89. The Morgan fingerprint density at radius 2 is 2.17 bits per heavy atom. The van der Waals surface area contributed by atoms with Crippen molar-refractivity contribution in [3.05, 3.63) is 11.1 Å². The number of nitrogens with zero attached hydrogens (tertiary/aromatic N) is 3. The third-order valence-electron chi connectivity index (χ3n) is 1.29.